The predicted octanol–water partition coefficient (Wildman–Crippen LogP) is 1.97. The summed E-state index contributed by atoms with van der Waals surface area (Å²) in [6.45, 7) is 4.31. The molecule has 2 heterocycles. The number of pyridine rings is 1. The molecule has 1 aliphatic heterocycles. The molecule has 1 aliphatic rings. The summed E-state index contributed by atoms with van der Waals surface area (Å²) in [6, 6.07) is 9.90. The lowest BCUT2D eigenvalue weighted by Gasteiger charge is -2.17. The van der Waals surface area contributed by atoms with Gasteiger partial charge in [-0.2, -0.15) is 0 Å². The monoisotopic (exact) mass is 281 g/mol. The minimum Gasteiger partial charge on any atom is -0.348 e. The lowest BCUT2D eigenvalue weighted by Crippen LogP contribution is -2.26. The maximum absolute atomic E-state index is 12.2. The second kappa shape index (κ2) is 6.06. The molecule has 3 rings (SSSR count). The Hall–Kier alpha value is -2.20. The number of carbonyl (C=O) groups excluding carboxylic acids is 1. The molecule has 4 heteroatoms. The molecule has 0 spiro atoms. The summed E-state index contributed by atoms with van der Waals surface area (Å²) >= 11 is 0. The van der Waals surface area contributed by atoms with E-state index >= 15 is 0 Å². The molecule has 0 radical (unpaired) electrons. The van der Waals surface area contributed by atoms with E-state index in [2.05, 4.69) is 21.7 Å². The first-order valence-corrected chi connectivity index (χ1v) is 7.24. The van der Waals surface area contributed by atoms with Crippen LogP contribution < -0.4 is 10.6 Å². The largest absolute Gasteiger partial charge is 0.348 e. The Balaban J connectivity index is 1.66. The van der Waals surface area contributed by atoms with Gasteiger partial charge in [-0.25, -0.2) is 0 Å². The smallest absolute Gasteiger partial charge is 0.251 e. The number of benzene rings is 1. The third-order valence-corrected chi connectivity index (χ3v) is 3.78. The van der Waals surface area contributed by atoms with Crippen molar-refractivity contribution in [3.63, 3.8) is 0 Å². The lowest BCUT2D eigenvalue weighted by atomic mass is 9.98. The van der Waals surface area contributed by atoms with Gasteiger partial charge in [0.15, 0.2) is 0 Å². The van der Waals surface area contributed by atoms with Crippen molar-refractivity contribution in [3.8, 4) is 0 Å². The van der Waals surface area contributed by atoms with Crippen molar-refractivity contribution < 1.29 is 4.79 Å². The van der Waals surface area contributed by atoms with E-state index in [1.54, 1.807) is 6.20 Å². The number of carbonyl (C=O) groups is 1. The SMILES string of the molecule is Cc1ccc(CNC(=O)c2ccc3c(c2)CNCC3)cn1. The number of nitrogens with one attached hydrogen (secondary N) is 2. The predicted molar refractivity (Wildman–Crippen MR) is 82.0 cm³/mol. The maximum atomic E-state index is 12.2. The van der Waals surface area contributed by atoms with Gasteiger partial charge < -0.3 is 10.6 Å². The summed E-state index contributed by atoms with van der Waals surface area (Å²) in [7, 11) is 0. The number of hydrogen-bond donors (Lipinski definition) is 2. The highest BCUT2D eigenvalue weighted by Crippen LogP contribution is 2.16. The number of fused-ring (bicyclic) bond motifs is 1. The van der Waals surface area contributed by atoms with Gasteiger partial charge in [-0.05, 0) is 54.8 Å². The molecular weight excluding hydrogens is 262 g/mol. The Kier molecular flexibility index (Phi) is 3.97. The van der Waals surface area contributed by atoms with E-state index in [4.69, 9.17) is 0 Å². The Morgan fingerprint density at radius 2 is 2.19 bits per heavy atom. The van der Waals surface area contributed by atoms with Gasteiger partial charge in [0.25, 0.3) is 5.91 Å². The second-order valence-electron chi connectivity index (χ2n) is 5.40. The molecule has 1 amide bonds. The third kappa shape index (κ3) is 3.28. The fourth-order valence-corrected chi connectivity index (χ4v) is 2.51. The van der Waals surface area contributed by atoms with E-state index in [1.165, 1.54) is 11.1 Å². The molecule has 2 aromatic rings. The van der Waals surface area contributed by atoms with Crippen molar-refractivity contribution in [1.29, 1.82) is 0 Å². The van der Waals surface area contributed by atoms with Crippen LogP contribution in [0.15, 0.2) is 36.5 Å². The molecule has 1 aromatic heterocycles. The molecule has 108 valence electrons. The van der Waals surface area contributed by atoms with Gasteiger partial charge in [0, 0.05) is 30.5 Å². The summed E-state index contributed by atoms with van der Waals surface area (Å²) < 4.78 is 0. The average molecular weight is 281 g/mol. The molecule has 0 bridgehead atoms. The first-order chi connectivity index (χ1) is 10.2. The Labute approximate surface area is 124 Å². The Morgan fingerprint density at radius 1 is 1.29 bits per heavy atom. The van der Waals surface area contributed by atoms with Gasteiger partial charge >= 0.3 is 0 Å². The first kappa shape index (κ1) is 13.8. The highest BCUT2D eigenvalue weighted by atomic mass is 16.1. The minimum atomic E-state index is -0.0380. The maximum Gasteiger partial charge on any atom is 0.251 e. The molecule has 0 atom stereocenters. The van der Waals surface area contributed by atoms with Crippen LogP contribution in [0, 0.1) is 6.92 Å². The van der Waals surface area contributed by atoms with Crippen LogP contribution in [0.3, 0.4) is 0 Å². The summed E-state index contributed by atoms with van der Waals surface area (Å²) in [5.41, 5.74) is 5.28. The van der Waals surface area contributed by atoms with Crippen LogP contribution in [0.1, 0.15) is 32.7 Å². The van der Waals surface area contributed by atoms with Crippen LogP contribution >= 0.6 is 0 Å². The van der Waals surface area contributed by atoms with E-state index in [0.29, 0.717) is 6.54 Å². The van der Waals surface area contributed by atoms with E-state index in [0.717, 1.165) is 36.3 Å². The van der Waals surface area contributed by atoms with Crippen LogP contribution in [0.5, 0.6) is 0 Å². The van der Waals surface area contributed by atoms with E-state index in [-0.39, 0.29) is 5.91 Å². The van der Waals surface area contributed by atoms with Crippen LogP contribution in [-0.4, -0.2) is 17.4 Å². The van der Waals surface area contributed by atoms with Crippen molar-refractivity contribution in [2.24, 2.45) is 0 Å². The quantitative estimate of drug-likeness (QED) is 0.904. The van der Waals surface area contributed by atoms with E-state index in [9.17, 15) is 4.79 Å². The highest BCUT2D eigenvalue weighted by molar-refractivity contribution is 5.94. The zero-order valence-electron chi connectivity index (χ0n) is 12.1. The van der Waals surface area contributed by atoms with Crippen LogP contribution in [0.25, 0.3) is 0 Å². The van der Waals surface area contributed by atoms with Crippen molar-refractivity contribution in [2.75, 3.05) is 6.54 Å². The number of amides is 1. The number of nitrogens with zero attached hydrogens (tertiary/aromatic N) is 1. The highest BCUT2D eigenvalue weighted by Gasteiger charge is 2.12. The zero-order valence-corrected chi connectivity index (χ0v) is 12.1. The van der Waals surface area contributed by atoms with Gasteiger partial charge in [0.05, 0.1) is 0 Å². The molecule has 0 unspecified atom stereocenters. The lowest BCUT2D eigenvalue weighted by molar-refractivity contribution is 0.0950. The molecule has 2 N–H and O–H groups in total. The van der Waals surface area contributed by atoms with Gasteiger partial charge in [0.2, 0.25) is 0 Å². The summed E-state index contributed by atoms with van der Waals surface area (Å²) in [5, 5.41) is 6.27. The third-order valence-electron chi connectivity index (χ3n) is 3.78. The van der Waals surface area contributed by atoms with Crippen molar-refractivity contribution >= 4 is 5.91 Å². The molecule has 0 aliphatic carbocycles. The minimum absolute atomic E-state index is 0.0380. The Morgan fingerprint density at radius 3 is 3.00 bits per heavy atom. The molecule has 21 heavy (non-hydrogen) atoms. The van der Waals surface area contributed by atoms with Crippen LogP contribution in [0.2, 0.25) is 0 Å². The molecule has 0 fully saturated rings. The van der Waals surface area contributed by atoms with Crippen LogP contribution in [-0.2, 0) is 19.5 Å². The summed E-state index contributed by atoms with van der Waals surface area (Å²) in [6.07, 6.45) is 2.83. The van der Waals surface area contributed by atoms with E-state index in [1.807, 2.05) is 31.2 Å². The first-order valence-electron chi connectivity index (χ1n) is 7.24. The number of aromatic nitrogens is 1. The van der Waals surface area contributed by atoms with Gasteiger partial charge in [0.1, 0.15) is 0 Å². The van der Waals surface area contributed by atoms with Crippen molar-refractivity contribution in [2.45, 2.75) is 26.4 Å². The Bertz CT molecular complexity index is 650. The van der Waals surface area contributed by atoms with Crippen molar-refractivity contribution in [3.05, 3.63) is 64.5 Å². The van der Waals surface area contributed by atoms with Crippen LogP contribution in [0.4, 0.5) is 0 Å². The van der Waals surface area contributed by atoms with Gasteiger partial charge in [-0.15, -0.1) is 0 Å². The fraction of sp³-hybridized carbons (Fsp3) is 0.294. The second-order valence-corrected chi connectivity index (χ2v) is 5.40. The number of hydrogen-bond acceptors (Lipinski definition) is 3. The number of aryl methyl sites for hydroxylation is 1. The normalized spacial score (nSPS) is 13.6. The average Bonchev–Trinajstić information content (AvgIpc) is 2.53. The molecule has 1 aromatic carbocycles. The fourth-order valence-electron chi connectivity index (χ4n) is 2.51. The molecular formula is C17H19N3O. The summed E-state index contributed by atoms with van der Waals surface area (Å²) in [5.74, 6) is -0.0380. The number of rotatable bonds is 3. The van der Waals surface area contributed by atoms with Gasteiger partial charge in [-0.3, -0.25) is 9.78 Å². The van der Waals surface area contributed by atoms with Crippen molar-refractivity contribution in [1.82, 2.24) is 15.6 Å². The molecule has 0 saturated heterocycles. The van der Waals surface area contributed by atoms with E-state index < -0.39 is 0 Å². The van der Waals surface area contributed by atoms with Gasteiger partial charge in [-0.1, -0.05) is 12.1 Å². The topological polar surface area (TPSA) is 54.0 Å². The molecule has 0 saturated carbocycles. The molecule has 4 nitrogen and oxygen atoms in total. The summed E-state index contributed by atoms with van der Waals surface area (Å²) in [4.78, 5) is 16.4. The zero-order chi connectivity index (χ0) is 14.7. The standard InChI is InChI=1S/C17H19N3O/c1-12-2-3-13(9-19-12)10-20-17(21)15-5-4-14-6-7-18-11-16(14)8-15/h2-5,8-9,18H,6-7,10-11H2,1H3,(H,20,21).